The number of aryl methyl sites for hydroxylation is 2. The molecule has 3 heterocycles. The van der Waals surface area contributed by atoms with E-state index in [4.69, 9.17) is 14.1 Å². The van der Waals surface area contributed by atoms with Crippen molar-refractivity contribution in [3.05, 3.63) is 53.4 Å². The molecular weight excluding hydrogens is 406 g/mol. The van der Waals surface area contributed by atoms with Gasteiger partial charge in [-0.3, -0.25) is 4.99 Å². The molecule has 0 radical (unpaired) electrons. The van der Waals surface area contributed by atoms with Crippen molar-refractivity contribution in [2.75, 3.05) is 20.2 Å². The predicted molar refractivity (Wildman–Crippen MR) is 122 cm³/mol. The highest BCUT2D eigenvalue weighted by atomic mass is 16.5. The molecule has 2 N–H and O–H groups in total. The van der Waals surface area contributed by atoms with Crippen LogP contribution in [0.25, 0.3) is 11.5 Å². The molecule has 1 aromatic carbocycles. The van der Waals surface area contributed by atoms with E-state index in [0.717, 1.165) is 54.8 Å². The van der Waals surface area contributed by atoms with E-state index in [1.54, 1.807) is 13.4 Å². The molecule has 1 aliphatic rings. The summed E-state index contributed by atoms with van der Waals surface area (Å²) in [5.41, 5.74) is 3.10. The van der Waals surface area contributed by atoms with Gasteiger partial charge in [-0.2, -0.15) is 5.10 Å². The normalized spacial score (nSPS) is 16.1. The minimum atomic E-state index is 0.248. The molecule has 9 nitrogen and oxygen atoms in total. The average Bonchev–Trinajstić information content (AvgIpc) is 3.41. The number of hydrogen-bond donors (Lipinski definition) is 2. The summed E-state index contributed by atoms with van der Waals surface area (Å²) in [5.74, 6) is 3.21. The van der Waals surface area contributed by atoms with Crippen LogP contribution >= 0.6 is 0 Å². The maximum absolute atomic E-state index is 5.65. The highest BCUT2D eigenvalue weighted by Gasteiger charge is 2.22. The van der Waals surface area contributed by atoms with Gasteiger partial charge in [0, 0.05) is 44.6 Å². The Morgan fingerprint density at radius 2 is 2.12 bits per heavy atom. The fourth-order valence-corrected chi connectivity index (χ4v) is 3.71. The summed E-state index contributed by atoms with van der Waals surface area (Å²) >= 11 is 0. The molecule has 0 amide bonds. The lowest BCUT2D eigenvalue weighted by Gasteiger charge is -2.25. The summed E-state index contributed by atoms with van der Waals surface area (Å²) in [6.07, 6.45) is 4.30. The molecule has 0 saturated heterocycles. The minimum Gasteiger partial charge on any atom is -0.444 e. The summed E-state index contributed by atoms with van der Waals surface area (Å²) in [7, 11) is 1.66. The van der Waals surface area contributed by atoms with Crippen LogP contribution in [0, 0.1) is 6.92 Å². The first-order valence-corrected chi connectivity index (χ1v) is 11.1. The first-order chi connectivity index (χ1) is 15.6. The maximum atomic E-state index is 5.65. The Labute approximate surface area is 188 Å². The molecule has 1 atom stereocenters. The number of nitrogens with one attached hydrogen (secondary N) is 2. The zero-order chi connectivity index (χ0) is 22.3. The zero-order valence-corrected chi connectivity index (χ0v) is 19.0. The zero-order valence-electron chi connectivity index (χ0n) is 19.0. The van der Waals surface area contributed by atoms with Gasteiger partial charge in [-0.1, -0.05) is 17.7 Å². The molecule has 32 heavy (non-hydrogen) atoms. The summed E-state index contributed by atoms with van der Waals surface area (Å²) in [6, 6.07) is 8.42. The lowest BCUT2D eigenvalue weighted by atomic mass is 10.1. The van der Waals surface area contributed by atoms with Gasteiger partial charge in [0.15, 0.2) is 11.8 Å². The van der Waals surface area contributed by atoms with Gasteiger partial charge in [-0.15, -0.1) is 0 Å². The van der Waals surface area contributed by atoms with Crippen molar-refractivity contribution in [3.8, 4) is 11.5 Å². The summed E-state index contributed by atoms with van der Waals surface area (Å²) in [5, 5.41) is 11.4. The second-order valence-corrected chi connectivity index (χ2v) is 7.96. The third-order valence-electron chi connectivity index (χ3n) is 5.35. The van der Waals surface area contributed by atoms with E-state index in [0.29, 0.717) is 25.5 Å². The topological polar surface area (TPSA) is 102 Å². The third kappa shape index (κ3) is 5.53. The number of guanidine groups is 1. The molecule has 0 aliphatic carbocycles. The van der Waals surface area contributed by atoms with E-state index >= 15 is 0 Å². The van der Waals surface area contributed by atoms with E-state index in [9.17, 15) is 0 Å². The summed E-state index contributed by atoms with van der Waals surface area (Å²) < 4.78 is 12.8. The van der Waals surface area contributed by atoms with Crippen LogP contribution < -0.4 is 10.6 Å². The number of rotatable bonds is 8. The smallest absolute Gasteiger partial charge is 0.226 e. The van der Waals surface area contributed by atoms with Crippen LogP contribution in [0.4, 0.5) is 0 Å². The van der Waals surface area contributed by atoms with Crippen LogP contribution in [0.15, 0.2) is 39.9 Å². The summed E-state index contributed by atoms with van der Waals surface area (Å²) in [6.45, 7) is 6.75. The number of methoxy groups -OCH3 is 1. The van der Waals surface area contributed by atoms with E-state index < -0.39 is 0 Å². The van der Waals surface area contributed by atoms with Crippen molar-refractivity contribution in [3.63, 3.8) is 0 Å². The predicted octanol–water partition coefficient (Wildman–Crippen LogP) is 2.50. The van der Waals surface area contributed by atoms with Crippen LogP contribution in [0.3, 0.4) is 0 Å². The van der Waals surface area contributed by atoms with Gasteiger partial charge in [0.2, 0.25) is 5.89 Å². The van der Waals surface area contributed by atoms with E-state index in [1.165, 1.54) is 5.56 Å². The van der Waals surface area contributed by atoms with Crippen LogP contribution in [-0.4, -0.2) is 51.9 Å². The Hall–Kier alpha value is -3.20. The standard InChI is InChI=1S/C23H31N7O2/c1-4-24-23(27-18-9-10-21-28-20(15-31-3)29-30(21)13-18)25-12-11-19-14-32-22(26-19)17-7-5-16(2)6-8-17/h5-8,14,18H,4,9-13,15H2,1-3H3,(H2,24,25,27). The molecular formula is C23H31N7O2. The largest absolute Gasteiger partial charge is 0.444 e. The van der Waals surface area contributed by atoms with E-state index in [1.807, 2.05) is 16.8 Å². The molecule has 1 aliphatic heterocycles. The lowest BCUT2D eigenvalue weighted by Crippen LogP contribution is -2.47. The number of benzene rings is 1. The van der Waals surface area contributed by atoms with Crippen LogP contribution in [-0.2, 0) is 30.7 Å². The van der Waals surface area contributed by atoms with Crippen LogP contribution in [0.5, 0.6) is 0 Å². The monoisotopic (exact) mass is 437 g/mol. The number of oxazole rings is 1. The second-order valence-electron chi connectivity index (χ2n) is 7.96. The molecule has 0 fully saturated rings. The van der Waals surface area contributed by atoms with Crippen molar-refractivity contribution in [1.82, 2.24) is 30.4 Å². The first kappa shape index (κ1) is 22.0. The highest BCUT2D eigenvalue weighted by Crippen LogP contribution is 2.19. The fourth-order valence-electron chi connectivity index (χ4n) is 3.71. The Morgan fingerprint density at radius 1 is 1.28 bits per heavy atom. The Kier molecular flexibility index (Phi) is 7.16. The molecule has 170 valence electrons. The molecule has 4 rings (SSSR count). The van der Waals surface area contributed by atoms with Gasteiger partial charge in [-0.05, 0) is 32.4 Å². The van der Waals surface area contributed by atoms with E-state index in [2.05, 4.69) is 51.7 Å². The highest BCUT2D eigenvalue weighted by molar-refractivity contribution is 5.80. The number of nitrogens with zero attached hydrogens (tertiary/aromatic N) is 5. The van der Waals surface area contributed by atoms with Gasteiger partial charge < -0.3 is 19.8 Å². The second kappa shape index (κ2) is 10.4. The SMILES string of the molecule is CCNC(=NCCc1coc(-c2ccc(C)cc2)n1)NC1CCc2nc(COC)nn2C1. The number of aliphatic imine (C=N–C) groups is 1. The van der Waals surface area contributed by atoms with Gasteiger partial charge in [0.25, 0.3) is 0 Å². The van der Waals surface area contributed by atoms with Crippen LogP contribution in [0.1, 0.15) is 36.3 Å². The molecule has 0 spiro atoms. The molecule has 0 saturated carbocycles. The number of aromatic nitrogens is 4. The van der Waals surface area contributed by atoms with Crippen molar-refractivity contribution in [2.45, 2.75) is 52.3 Å². The van der Waals surface area contributed by atoms with Crippen LogP contribution in [0.2, 0.25) is 0 Å². The van der Waals surface area contributed by atoms with Gasteiger partial charge >= 0.3 is 0 Å². The Balaban J connectivity index is 1.33. The molecule has 0 bridgehead atoms. The Bertz CT molecular complexity index is 1040. The molecule has 1 unspecified atom stereocenters. The van der Waals surface area contributed by atoms with Crippen molar-refractivity contribution in [2.24, 2.45) is 4.99 Å². The Morgan fingerprint density at radius 3 is 2.91 bits per heavy atom. The summed E-state index contributed by atoms with van der Waals surface area (Å²) in [4.78, 5) is 13.9. The quantitative estimate of drug-likeness (QED) is 0.412. The average molecular weight is 438 g/mol. The van der Waals surface area contributed by atoms with E-state index in [-0.39, 0.29) is 6.04 Å². The van der Waals surface area contributed by atoms with Crippen molar-refractivity contribution < 1.29 is 9.15 Å². The van der Waals surface area contributed by atoms with Gasteiger partial charge in [0.1, 0.15) is 18.7 Å². The van der Waals surface area contributed by atoms with Gasteiger partial charge in [-0.25, -0.2) is 14.6 Å². The minimum absolute atomic E-state index is 0.248. The third-order valence-corrected chi connectivity index (χ3v) is 5.35. The number of ether oxygens (including phenoxy) is 1. The first-order valence-electron chi connectivity index (χ1n) is 11.1. The van der Waals surface area contributed by atoms with Gasteiger partial charge in [0.05, 0.1) is 12.2 Å². The van der Waals surface area contributed by atoms with Crippen molar-refractivity contribution in [1.29, 1.82) is 0 Å². The van der Waals surface area contributed by atoms with Crippen molar-refractivity contribution >= 4 is 5.96 Å². The molecule has 3 aromatic rings. The maximum Gasteiger partial charge on any atom is 0.226 e. The fraction of sp³-hybridized carbons (Fsp3) is 0.478. The number of hydrogen-bond acceptors (Lipinski definition) is 6. The molecule has 9 heteroatoms. The molecule has 2 aromatic heterocycles. The number of fused-ring (bicyclic) bond motifs is 1. The lowest BCUT2D eigenvalue weighted by molar-refractivity contribution is 0.177.